The second-order valence-electron chi connectivity index (χ2n) is 4.93. The lowest BCUT2D eigenvalue weighted by Gasteiger charge is -2.08. The topological polar surface area (TPSA) is 72.1 Å². The molecule has 0 aliphatic heterocycles. The Balaban J connectivity index is 1.96. The van der Waals surface area contributed by atoms with Crippen LogP contribution in [0.15, 0.2) is 22.8 Å². The Kier molecular flexibility index (Phi) is 5.03. The van der Waals surface area contributed by atoms with Crippen molar-refractivity contribution in [2.75, 3.05) is 13.1 Å². The van der Waals surface area contributed by atoms with Gasteiger partial charge >= 0.3 is 6.03 Å². The van der Waals surface area contributed by atoms with E-state index in [0.29, 0.717) is 19.6 Å². The maximum atomic E-state index is 11.5. The van der Waals surface area contributed by atoms with Crippen LogP contribution in [0.2, 0.25) is 0 Å². The van der Waals surface area contributed by atoms with Crippen molar-refractivity contribution in [3.05, 3.63) is 29.8 Å². The highest BCUT2D eigenvalue weighted by molar-refractivity contribution is 5.73. The molecule has 0 aliphatic carbocycles. The summed E-state index contributed by atoms with van der Waals surface area (Å²) in [6.07, 6.45) is 2.59. The van der Waals surface area contributed by atoms with Crippen molar-refractivity contribution in [2.45, 2.75) is 33.7 Å². The van der Waals surface area contributed by atoms with E-state index in [2.05, 4.69) is 15.7 Å². The summed E-state index contributed by atoms with van der Waals surface area (Å²) in [6.45, 7) is 7.85. The summed E-state index contributed by atoms with van der Waals surface area (Å²) in [5.74, 6) is 0.824. The van der Waals surface area contributed by atoms with E-state index in [-0.39, 0.29) is 6.03 Å². The Morgan fingerprint density at radius 2 is 2.10 bits per heavy atom. The Morgan fingerprint density at radius 1 is 1.33 bits per heavy atom. The number of hydrogen-bond donors (Lipinski definition) is 2. The van der Waals surface area contributed by atoms with Gasteiger partial charge in [0.2, 0.25) is 0 Å². The summed E-state index contributed by atoms with van der Waals surface area (Å²) in [7, 11) is 0. The predicted octanol–water partition coefficient (Wildman–Crippen LogP) is 2.47. The standard InChI is InChI=1S/C15H22N4O2/c1-4-7-16-15(20)17-8-9-19-12(3)14(11(2)18-19)13-6-5-10-21-13/h5-6,10H,4,7-9H2,1-3H3,(H2,16,17,20). The van der Waals surface area contributed by atoms with Gasteiger partial charge in [0.05, 0.1) is 24.1 Å². The molecule has 21 heavy (non-hydrogen) atoms. The first-order valence-electron chi connectivity index (χ1n) is 7.23. The van der Waals surface area contributed by atoms with E-state index < -0.39 is 0 Å². The van der Waals surface area contributed by atoms with Crippen LogP contribution in [0, 0.1) is 13.8 Å². The van der Waals surface area contributed by atoms with Gasteiger partial charge in [-0.15, -0.1) is 0 Å². The first-order valence-corrected chi connectivity index (χ1v) is 7.23. The van der Waals surface area contributed by atoms with Gasteiger partial charge in [-0.25, -0.2) is 4.79 Å². The highest BCUT2D eigenvalue weighted by atomic mass is 16.3. The number of furan rings is 1. The largest absolute Gasteiger partial charge is 0.464 e. The first-order chi connectivity index (χ1) is 10.1. The molecule has 0 spiro atoms. The number of urea groups is 1. The van der Waals surface area contributed by atoms with Gasteiger partial charge in [-0.3, -0.25) is 4.68 Å². The molecule has 0 saturated carbocycles. The Hall–Kier alpha value is -2.24. The predicted molar refractivity (Wildman–Crippen MR) is 81.1 cm³/mol. The molecule has 114 valence electrons. The van der Waals surface area contributed by atoms with Crippen LogP contribution in [0.3, 0.4) is 0 Å². The molecule has 6 heteroatoms. The third kappa shape index (κ3) is 3.65. The van der Waals surface area contributed by atoms with Gasteiger partial charge < -0.3 is 15.1 Å². The lowest BCUT2D eigenvalue weighted by molar-refractivity contribution is 0.240. The molecule has 0 radical (unpaired) electrons. The van der Waals surface area contributed by atoms with Crippen LogP contribution in [0.1, 0.15) is 24.7 Å². The highest BCUT2D eigenvalue weighted by Gasteiger charge is 2.15. The molecule has 0 saturated heterocycles. The normalized spacial score (nSPS) is 10.6. The molecule has 0 bridgehead atoms. The smallest absolute Gasteiger partial charge is 0.314 e. The first kappa shape index (κ1) is 15.2. The molecule has 0 atom stereocenters. The Labute approximate surface area is 124 Å². The number of carbonyl (C=O) groups excluding carboxylic acids is 1. The SMILES string of the molecule is CCCNC(=O)NCCn1nc(C)c(-c2ccco2)c1C. The Bertz CT molecular complexity index is 587. The van der Waals surface area contributed by atoms with Crippen molar-refractivity contribution in [1.82, 2.24) is 20.4 Å². The van der Waals surface area contributed by atoms with E-state index in [0.717, 1.165) is 29.1 Å². The third-order valence-electron chi connectivity index (χ3n) is 3.29. The van der Waals surface area contributed by atoms with Crippen LogP contribution in [0.5, 0.6) is 0 Å². The summed E-state index contributed by atoms with van der Waals surface area (Å²) in [5.41, 5.74) is 2.99. The highest BCUT2D eigenvalue weighted by Crippen LogP contribution is 2.26. The maximum absolute atomic E-state index is 11.5. The molecule has 6 nitrogen and oxygen atoms in total. The second-order valence-corrected chi connectivity index (χ2v) is 4.93. The summed E-state index contributed by atoms with van der Waals surface area (Å²) >= 11 is 0. The fourth-order valence-corrected chi connectivity index (χ4v) is 2.27. The molecular weight excluding hydrogens is 268 g/mol. The molecule has 2 heterocycles. The zero-order valence-electron chi connectivity index (χ0n) is 12.8. The second kappa shape index (κ2) is 6.97. The number of rotatable bonds is 6. The molecule has 2 rings (SSSR count). The molecular formula is C15H22N4O2. The fourth-order valence-electron chi connectivity index (χ4n) is 2.27. The van der Waals surface area contributed by atoms with Crippen molar-refractivity contribution < 1.29 is 9.21 Å². The number of hydrogen-bond acceptors (Lipinski definition) is 3. The summed E-state index contributed by atoms with van der Waals surface area (Å²) < 4.78 is 7.34. The number of carbonyl (C=O) groups is 1. The van der Waals surface area contributed by atoms with E-state index in [1.165, 1.54) is 0 Å². The van der Waals surface area contributed by atoms with E-state index in [1.54, 1.807) is 6.26 Å². The number of aryl methyl sites for hydroxylation is 1. The van der Waals surface area contributed by atoms with Crippen LogP contribution in [-0.4, -0.2) is 28.9 Å². The van der Waals surface area contributed by atoms with Crippen LogP contribution in [0.4, 0.5) is 4.79 Å². The quantitative estimate of drug-likeness (QED) is 0.858. The van der Waals surface area contributed by atoms with Crippen molar-refractivity contribution >= 4 is 6.03 Å². The average Bonchev–Trinajstić information content (AvgIpc) is 3.05. The van der Waals surface area contributed by atoms with Gasteiger partial charge in [0, 0.05) is 18.8 Å². The van der Waals surface area contributed by atoms with Crippen LogP contribution in [-0.2, 0) is 6.54 Å². The van der Waals surface area contributed by atoms with E-state index in [4.69, 9.17) is 4.42 Å². The minimum atomic E-state index is -0.135. The van der Waals surface area contributed by atoms with Gasteiger partial charge in [-0.2, -0.15) is 5.10 Å². The maximum Gasteiger partial charge on any atom is 0.314 e. The van der Waals surface area contributed by atoms with Gasteiger partial charge in [0.15, 0.2) is 0 Å². The minimum Gasteiger partial charge on any atom is -0.464 e. The van der Waals surface area contributed by atoms with Crippen molar-refractivity contribution in [1.29, 1.82) is 0 Å². The Morgan fingerprint density at radius 3 is 2.76 bits per heavy atom. The number of nitrogens with one attached hydrogen (secondary N) is 2. The summed E-state index contributed by atoms with van der Waals surface area (Å²) in [4.78, 5) is 11.5. The summed E-state index contributed by atoms with van der Waals surface area (Å²) in [5, 5.41) is 10.1. The van der Waals surface area contributed by atoms with Crippen LogP contribution in [0.25, 0.3) is 11.3 Å². The summed E-state index contributed by atoms with van der Waals surface area (Å²) in [6, 6.07) is 3.66. The zero-order chi connectivity index (χ0) is 15.2. The third-order valence-corrected chi connectivity index (χ3v) is 3.29. The van der Waals surface area contributed by atoms with Crippen LogP contribution >= 0.6 is 0 Å². The van der Waals surface area contributed by atoms with Crippen molar-refractivity contribution in [3.8, 4) is 11.3 Å². The minimum absolute atomic E-state index is 0.135. The monoisotopic (exact) mass is 290 g/mol. The number of nitrogens with zero attached hydrogens (tertiary/aromatic N) is 2. The average molecular weight is 290 g/mol. The van der Waals surface area contributed by atoms with E-state index in [1.807, 2.05) is 37.6 Å². The van der Waals surface area contributed by atoms with Gasteiger partial charge in [0.25, 0.3) is 0 Å². The lowest BCUT2D eigenvalue weighted by Crippen LogP contribution is -2.37. The molecule has 0 aromatic carbocycles. The number of amides is 2. The molecule has 0 fully saturated rings. The molecule has 2 N–H and O–H groups in total. The van der Waals surface area contributed by atoms with Crippen LogP contribution < -0.4 is 10.6 Å². The molecule has 0 unspecified atom stereocenters. The van der Waals surface area contributed by atoms with Gasteiger partial charge in [-0.1, -0.05) is 6.92 Å². The van der Waals surface area contributed by atoms with Gasteiger partial charge in [0.1, 0.15) is 5.76 Å². The van der Waals surface area contributed by atoms with Crippen molar-refractivity contribution in [2.24, 2.45) is 0 Å². The molecule has 2 amide bonds. The molecule has 2 aromatic rings. The van der Waals surface area contributed by atoms with Gasteiger partial charge in [-0.05, 0) is 32.4 Å². The zero-order valence-corrected chi connectivity index (χ0v) is 12.8. The molecule has 0 aliphatic rings. The van der Waals surface area contributed by atoms with E-state index >= 15 is 0 Å². The number of aromatic nitrogens is 2. The van der Waals surface area contributed by atoms with E-state index in [9.17, 15) is 4.79 Å². The fraction of sp³-hybridized carbons (Fsp3) is 0.467. The lowest BCUT2D eigenvalue weighted by atomic mass is 10.1. The van der Waals surface area contributed by atoms with Crippen molar-refractivity contribution in [3.63, 3.8) is 0 Å². The molecule has 2 aromatic heterocycles.